The summed E-state index contributed by atoms with van der Waals surface area (Å²) >= 11 is 0. The molecule has 0 fully saturated rings. The van der Waals surface area contributed by atoms with Gasteiger partial charge in [0.25, 0.3) is 5.91 Å². The van der Waals surface area contributed by atoms with Crippen LogP contribution in [0.3, 0.4) is 0 Å². The molecule has 1 amide bonds. The van der Waals surface area contributed by atoms with Crippen LogP contribution in [0.5, 0.6) is 0 Å². The van der Waals surface area contributed by atoms with E-state index in [4.69, 9.17) is 4.74 Å². The maximum Gasteiger partial charge on any atom is 0.291 e. The van der Waals surface area contributed by atoms with Crippen LogP contribution in [0.25, 0.3) is 0 Å². The minimum atomic E-state index is -0.277. The fourth-order valence-corrected chi connectivity index (χ4v) is 2.03. The lowest BCUT2D eigenvalue weighted by Gasteiger charge is -2.09. The third kappa shape index (κ3) is 4.13. The second-order valence-corrected chi connectivity index (χ2v) is 4.74. The maximum atomic E-state index is 12.0. The quantitative estimate of drug-likeness (QED) is 0.814. The molecule has 21 heavy (non-hydrogen) atoms. The highest BCUT2D eigenvalue weighted by molar-refractivity contribution is 5.90. The number of ether oxygens (including phenoxy) is 1. The third-order valence-corrected chi connectivity index (χ3v) is 3.08. The molecule has 2 rings (SSSR count). The number of H-pyrrole nitrogens is 1. The summed E-state index contributed by atoms with van der Waals surface area (Å²) < 4.78 is 5.15. The standard InChI is InChI=1S/C15H20N4O2/c1-3-6-13-17-14(19-18-13)15(20)16-9-11-7-4-5-8-12(11)10-21-2/h4-5,7-8H,3,6,9-10H2,1-2H3,(H,16,20)(H,17,18,19). The first-order chi connectivity index (χ1) is 10.2. The van der Waals surface area contributed by atoms with Gasteiger partial charge < -0.3 is 10.1 Å². The van der Waals surface area contributed by atoms with Gasteiger partial charge in [-0.15, -0.1) is 5.10 Å². The van der Waals surface area contributed by atoms with Crippen molar-refractivity contribution in [1.82, 2.24) is 20.5 Å². The molecule has 0 unspecified atom stereocenters. The number of aryl methyl sites for hydroxylation is 1. The van der Waals surface area contributed by atoms with Gasteiger partial charge in [0.05, 0.1) is 6.61 Å². The van der Waals surface area contributed by atoms with Crippen molar-refractivity contribution in [2.45, 2.75) is 32.9 Å². The fraction of sp³-hybridized carbons (Fsp3) is 0.400. The zero-order chi connectivity index (χ0) is 15.1. The van der Waals surface area contributed by atoms with Gasteiger partial charge in [0.1, 0.15) is 5.82 Å². The van der Waals surface area contributed by atoms with E-state index in [0.29, 0.717) is 13.2 Å². The molecule has 0 radical (unpaired) electrons. The highest BCUT2D eigenvalue weighted by atomic mass is 16.5. The van der Waals surface area contributed by atoms with Gasteiger partial charge in [0.2, 0.25) is 5.82 Å². The Bertz CT molecular complexity index is 595. The average molecular weight is 288 g/mol. The molecule has 2 aromatic rings. The van der Waals surface area contributed by atoms with Crippen LogP contribution in [0.4, 0.5) is 0 Å². The molecule has 0 bridgehead atoms. The first-order valence-electron chi connectivity index (χ1n) is 6.99. The van der Waals surface area contributed by atoms with Gasteiger partial charge in [-0.2, -0.15) is 0 Å². The van der Waals surface area contributed by atoms with E-state index in [1.165, 1.54) is 0 Å². The van der Waals surface area contributed by atoms with E-state index in [9.17, 15) is 4.79 Å². The van der Waals surface area contributed by atoms with Crippen molar-refractivity contribution in [3.8, 4) is 0 Å². The molecule has 0 aliphatic carbocycles. The number of hydrogen-bond donors (Lipinski definition) is 2. The number of rotatable bonds is 7. The van der Waals surface area contributed by atoms with Gasteiger partial charge >= 0.3 is 0 Å². The summed E-state index contributed by atoms with van der Waals surface area (Å²) in [6.45, 7) is 3.00. The van der Waals surface area contributed by atoms with Crippen molar-refractivity contribution in [3.63, 3.8) is 0 Å². The predicted octanol–water partition coefficient (Wildman–Crippen LogP) is 1.83. The van der Waals surface area contributed by atoms with Crippen LogP contribution in [0, 0.1) is 0 Å². The van der Waals surface area contributed by atoms with E-state index < -0.39 is 0 Å². The van der Waals surface area contributed by atoms with Crippen molar-refractivity contribution in [2.24, 2.45) is 0 Å². The van der Waals surface area contributed by atoms with Gasteiger partial charge in [-0.05, 0) is 17.5 Å². The van der Waals surface area contributed by atoms with E-state index in [-0.39, 0.29) is 11.7 Å². The summed E-state index contributed by atoms with van der Waals surface area (Å²) in [5.74, 6) is 0.644. The Morgan fingerprint density at radius 2 is 2.10 bits per heavy atom. The number of nitrogens with one attached hydrogen (secondary N) is 2. The zero-order valence-corrected chi connectivity index (χ0v) is 12.3. The Hall–Kier alpha value is -2.21. The van der Waals surface area contributed by atoms with Crippen molar-refractivity contribution in [3.05, 3.63) is 47.0 Å². The number of aromatic nitrogens is 3. The largest absolute Gasteiger partial charge is 0.380 e. The summed E-state index contributed by atoms with van der Waals surface area (Å²) in [6.07, 6.45) is 1.75. The molecule has 112 valence electrons. The van der Waals surface area contributed by atoms with E-state index in [1.54, 1.807) is 7.11 Å². The van der Waals surface area contributed by atoms with Gasteiger partial charge in [-0.1, -0.05) is 31.2 Å². The molecule has 0 aliphatic heterocycles. The zero-order valence-electron chi connectivity index (χ0n) is 12.3. The normalized spacial score (nSPS) is 10.6. The average Bonchev–Trinajstić information content (AvgIpc) is 2.95. The Morgan fingerprint density at radius 3 is 2.81 bits per heavy atom. The minimum Gasteiger partial charge on any atom is -0.380 e. The minimum absolute atomic E-state index is 0.183. The van der Waals surface area contributed by atoms with Gasteiger partial charge in [0, 0.05) is 20.1 Å². The van der Waals surface area contributed by atoms with Crippen LogP contribution < -0.4 is 5.32 Å². The van der Waals surface area contributed by atoms with Crippen molar-refractivity contribution < 1.29 is 9.53 Å². The molecule has 0 atom stereocenters. The highest BCUT2D eigenvalue weighted by Gasteiger charge is 2.12. The molecule has 6 heteroatoms. The van der Waals surface area contributed by atoms with Gasteiger partial charge in [-0.3, -0.25) is 9.89 Å². The molecule has 2 N–H and O–H groups in total. The molecular weight excluding hydrogens is 268 g/mol. The highest BCUT2D eigenvalue weighted by Crippen LogP contribution is 2.09. The maximum absolute atomic E-state index is 12.0. The first-order valence-corrected chi connectivity index (χ1v) is 6.99. The molecule has 0 spiro atoms. The number of carbonyl (C=O) groups is 1. The molecular formula is C15H20N4O2. The lowest BCUT2D eigenvalue weighted by atomic mass is 10.1. The number of nitrogens with zero attached hydrogens (tertiary/aromatic N) is 2. The predicted molar refractivity (Wildman–Crippen MR) is 78.7 cm³/mol. The summed E-state index contributed by atoms with van der Waals surface area (Å²) in [6, 6.07) is 7.84. The first kappa shape index (κ1) is 15.2. The number of benzene rings is 1. The summed E-state index contributed by atoms with van der Waals surface area (Å²) in [5.41, 5.74) is 2.08. The lowest BCUT2D eigenvalue weighted by molar-refractivity contribution is 0.0940. The lowest BCUT2D eigenvalue weighted by Crippen LogP contribution is -2.24. The Labute approximate surface area is 123 Å². The second-order valence-electron chi connectivity index (χ2n) is 4.74. The Balaban J connectivity index is 1.97. The monoisotopic (exact) mass is 288 g/mol. The van der Waals surface area contributed by atoms with Crippen LogP contribution in [0.1, 0.15) is 40.9 Å². The topological polar surface area (TPSA) is 79.9 Å². The van der Waals surface area contributed by atoms with E-state index in [2.05, 4.69) is 27.4 Å². The summed E-state index contributed by atoms with van der Waals surface area (Å²) in [5, 5.41) is 9.54. The fourth-order valence-electron chi connectivity index (χ4n) is 2.03. The smallest absolute Gasteiger partial charge is 0.291 e. The third-order valence-electron chi connectivity index (χ3n) is 3.08. The number of aromatic amines is 1. The van der Waals surface area contributed by atoms with E-state index >= 15 is 0 Å². The Kier molecular flexibility index (Phi) is 5.45. The molecule has 0 aliphatic rings. The molecule has 0 saturated heterocycles. The van der Waals surface area contributed by atoms with Crippen molar-refractivity contribution in [1.29, 1.82) is 0 Å². The number of carbonyl (C=O) groups excluding carboxylic acids is 1. The molecule has 0 saturated carbocycles. The molecule has 1 aromatic heterocycles. The molecule has 1 heterocycles. The summed E-state index contributed by atoms with van der Waals surface area (Å²) in [4.78, 5) is 16.2. The number of amides is 1. The number of hydrogen-bond acceptors (Lipinski definition) is 4. The molecule has 1 aromatic carbocycles. The van der Waals surface area contributed by atoms with Gasteiger partial charge in [-0.25, -0.2) is 4.98 Å². The second kappa shape index (κ2) is 7.54. The number of methoxy groups -OCH3 is 1. The van der Waals surface area contributed by atoms with Crippen LogP contribution in [-0.4, -0.2) is 28.2 Å². The van der Waals surface area contributed by atoms with E-state index in [0.717, 1.165) is 29.8 Å². The van der Waals surface area contributed by atoms with E-state index in [1.807, 2.05) is 24.3 Å². The van der Waals surface area contributed by atoms with Crippen molar-refractivity contribution in [2.75, 3.05) is 7.11 Å². The van der Waals surface area contributed by atoms with Crippen molar-refractivity contribution >= 4 is 5.91 Å². The van der Waals surface area contributed by atoms with Crippen LogP contribution in [-0.2, 0) is 24.3 Å². The Morgan fingerprint density at radius 1 is 1.33 bits per heavy atom. The van der Waals surface area contributed by atoms with Crippen LogP contribution in [0.2, 0.25) is 0 Å². The molecule has 6 nitrogen and oxygen atoms in total. The van der Waals surface area contributed by atoms with Crippen LogP contribution in [0.15, 0.2) is 24.3 Å². The SMILES string of the molecule is CCCc1nc(C(=O)NCc2ccccc2COC)n[nH]1. The summed E-state index contributed by atoms with van der Waals surface area (Å²) in [7, 11) is 1.65. The van der Waals surface area contributed by atoms with Gasteiger partial charge in [0.15, 0.2) is 0 Å². The van der Waals surface area contributed by atoms with Crippen LogP contribution >= 0.6 is 0 Å².